The fraction of sp³-hybridized carbons (Fsp3) is 0.833. The summed E-state index contributed by atoms with van der Waals surface area (Å²) in [6.45, 7) is 7.16. The highest BCUT2D eigenvalue weighted by molar-refractivity contribution is 4.93. The Labute approximate surface area is 111 Å². The number of halogens is 3. The van der Waals surface area contributed by atoms with Crippen LogP contribution in [-0.2, 0) is 12.1 Å². The lowest BCUT2D eigenvalue weighted by Crippen LogP contribution is -2.22. The standard InChI is InChI=1S/C12H21F3N4/c1-11(2,3)19-9-10(17-18-19)8-16-7-5-4-6-12(13,14)15/h9,16H,4-8H2,1-3H3. The van der Waals surface area contributed by atoms with Crippen molar-refractivity contribution in [3.05, 3.63) is 11.9 Å². The first kappa shape index (κ1) is 15.9. The Bertz CT molecular complexity index is 379. The summed E-state index contributed by atoms with van der Waals surface area (Å²) < 4.78 is 37.5. The maximum absolute atomic E-state index is 11.9. The van der Waals surface area contributed by atoms with E-state index in [9.17, 15) is 13.2 Å². The fourth-order valence-corrected chi connectivity index (χ4v) is 1.50. The summed E-state index contributed by atoms with van der Waals surface area (Å²) in [5.74, 6) is 0. The van der Waals surface area contributed by atoms with Crippen LogP contribution in [0.2, 0.25) is 0 Å². The van der Waals surface area contributed by atoms with E-state index in [1.807, 2.05) is 27.0 Å². The van der Waals surface area contributed by atoms with Gasteiger partial charge >= 0.3 is 6.18 Å². The third-order valence-electron chi connectivity index (χ3n) is 2.60. The molecule has 0 aromatic carbocycles. The molecule has 1 aromatic rings. The van der Waals surface area contributed by atoms with Gasteiger partial charge in [-0.25, -0.2) is 4.68 Å². The number of aromatic nitrogens is 3. The molecule has 110 valence electrons. The van der Waals surface area contributed by atoms with Gasteiger partial charge in [-0.05, 0) is 40.2 Å². The Balaban J connectivity index is 2.18. The number of hydrogen-bond acceptors (Lipinski definition) is 3. The van der Waals surface area contributed by atoms with Crippen LogP contribution in [0.4, 0.5) is 13.2 Å². The normalized spacial score (nSPS) is 12.9. The van der Waals surface area contributed by atoms with Crippen molar-refractivity contribution < 1.29 is 13.2 Å². The van der Waals surface area contributed by atoms with Gasteiger partial charge < -0.3 is 5.32 Å². The van der Waals surface area contributed by atoms with Gasteiger partial charge in [0.2, 0.25) is 0 Å². The van der Waals surface area contributed by atoms with Gasteiger partial charge in [0.15, 0.2) is 0 Å². The average Bonchev–Trinajstić information content (AvgIpc) is 2.69. The van der Waals surface area contributed by atoms with Gasteiger partial charge in [0.05, 0.1) is 17.4 Å². The molecule has 4 nitrogen and oxygen atoms in total. The van der Waals surface area contributed by atoms with Crippen molar-refractivity contribution >= 4 is 0 Å². The Kier molecular flexibility index (Phi) is 5.34. The minimum Gasteiger partial charge on any atom is -0.311 e. The largest absolute Gasteiger partial charge is 0.389 e. The summed E-state index contributed by atoms with van der Waals surface area (Å²) in [5, 5.41) is 11.1. The van der Waals surface area contributed by atoms with Gasteiger partial charge in [0.1, 0.15) is 0 Å². The van der Waals surface area contributed by atoms with E-state index in [1.54, 1.807) is 4.68 Å². The van der Waals surface area contributed by atoms with Crippen LogP contribution in [0.1, 0.15) is 45.7 Å². The lowest BCUT2D eigenvalue weighted by Gasteiger charge is -2.17. The molecule has 0 aliphatic rings. The van der Waals surface area contributed by atoms with Crippen LogP contribution >= 0.6 is 0 Å². The van der Waals surface area contributed by atoms with Gasteiger partial charge in [-0.15, -0.1) is 5.10 Å². The molecule has 0 aliphatic heterocycles. The molecule has 1 rings (SSSR count). The van der Waals surface area contributed by atoms with Crippen LogP contribution in [0.25, 0.3) is 0 Å². The molecule has 7 heteroatoms. The van der Waals surface area contributed by atoms with Crippen LogP contribution < -0.4 is 5.32 Å². The zero-order chi connectivity index (χ0) is 14.5. The number of rotatable bonds is 6. The Morgan fingerprint density at radius 1 is 1.21 bits per heavy atom. The smallest absolute Gasteiger partial charge is 0.311 e. The SMILES string of the molecule is CC(C)(C)n1cc(CNCCCCC(F)(F)F)nn1. The molecule has 0 fully saturated rings. The summed E-state index contributed by atoms with van der Waals surface area (Å²) in [5.41, 5.74) is 0.684. The van der Waals surface area contributed by atoms with E-state index in [2.05, 4.69) is 15.6 Å². The first-order valence-corrected chi connectivity index (χ1v) is 6.38. The molecule has 0 atom stereocenters. The van der Waals surface area contributed by atoms with Crippen molar-refractivity contribution in [1.82, 2.24) is 20.3 Å². The Morgan fingerprint density at radius 3 is 2.42 bits per heavy atom. The second-order valence-electron chi connectivity index (χ2n) is 5.57. The van der Waals surface area contributed by atoms with E-state index in [-0.39, 0.29) is 12.0 Å². The van der Waals surface area contributed by atoms with E-state index >= 15 is 0 Å². The molecule has 1 aromatic heterocycles. The zero-order valence-electron chi connectivity index (χ0n) is 11.6. The monoisotopic (exact) mass is 278 g/mol. The molecule has 0 saturated carbocycles. The number of alkyl halides is 3. The second kappa shape index (κ2) is 6.36. The molecule has 0 bridgehead atoms. The summed E-state index contributed by atoms with van der Waals surface area (Å²) in [7, 11) is 0. The van der Waals surface area contributed by atoms with Gasteiger partial charge in [-0.2, -0.15) is 13.2 Å². The van der Waals surface area contributed by atoms with Crippen LogP contribution in [0.5, 0.6) is 0 Å². The van der Waals surface area contributed by atoms with Crippen molar-refractivity contribution in [2.75, 3.05) is 6.54 Å². The van der Waals surface area contributed by atoms with Crippen LogP contribution in [0, 0.1) is 0 Å². The second-order valence-corrected chi connectivity index (χ2v) is 5.57. The molecule has 1 heterocycles. The van der Waals surface area contributed by atoms with Crippen molar-refractivity contribution in [1.29, 1.82) is 0 Å². The molecular formula is C12H21F3N4. The maximum atomic E-state index is 11.9. The zero-order valence-corrected chi connectivity index (χ0v) is 11.6. The molecular weight excluding hydrogens is 257 g/mol. The molecule has 19 heavy (non-hydrogen) atoms. The Morgan fingerprint density at radius 2 is 1.89 bits per heavy atom. The van der Waals surface area contributed by atoms with E-state index in [0.717, 1.165) is 5.69 Å². The molecule has 0 spiro atoms. The van der Waals surface area contributed by atoms with Gasteiger partial charge in [0, 0.05) is 13.0 Å². The highest BCUT2D eigenvalue weighted by Crippen LogP contribution is 2.21. The lowest BCUT2D eigenvalue weighted by molar-refractivity contribution is -0.135. The predicted octanol–water partition coefficient (Wildman–Crippen LogP) is 2.86. The van der Waals surface area contributed by atoms with E-state index in [1.165, 1.54) is 0 Å². The number of nitrogens with one attached hydrogen (secondary N) is 1. The first-order valence-electron chi connectivity index (χ1n) is 6.38. The van der Waals surface area contributed by atoms with Gasteiger partial charge in [0.25, 0.3) is 0 Å². The van der Waals surface area contributed by atoms with Crippen molar-refractivity contribution in [3.63, 3.8) is 0 Å². The van der Waals surface area contributed by atoms with Crippen LogP contribution in [0.3, 0.4) is 0 Å². The molecule has 0 amide bonds. The van der Waals surface area contributed by atoms with Crippen LogP contribution in [-0.4, -0.2) is 27.7 Å². The van der Waals surface area contributed by atoms with Gasteiger partial charge in [-0.1, -0.05) is 5.21 Å². The summed E-state index contributed by atoms with van der Waals surface area (Å²) in [4.78, 5) is 0. The fourth-order valence-electron chi connectivity index (χ4n) is 1.50. The summed E-state index contributed by atoms with van der Waals surface area (Å²) in [6.07, 6.45) is -2.24. The number of nitrogens with zero attached hydrogens (tertiary/aromatic N) is 3. The van der Waals surface area contributed by atoms with E-state index < -0.39 is 12.6 Å². The number of hydrogen-bond donors (Lipinski definition) is 1. The minimum absolute atomic E-state index is 0.113. The lowest BCUT2D eigenvalue weighted by atomic mass is 10.1. The maximum Gasteiger partial charge on any atom is 0.389 e. The molecule has 1 N–H and O–H groups in total. The quantitative estimate of drug-likeness (QED) is 0.814. The minimum atomic E-state index is -4.05. The van der Waals surface area contributed by atoms with E-state index in [0.29, 0.717) is 19.5 Å². The topological polar surface area (TPSA) is 42.7 Å². The first-order chi connectivity index (χ1) is 8.68. The van der Waals surface area contributed by atoms with Crippen molar-refractivity contribution in [2.24, 2.45) is 0 Å². The third-order valence-corrected chi connectivity index (χ3v) is 2.60. The number of unbranched alkanes of at least 4 members (excludes halogenated alkanes) is 1. The van der Waals surface area contributed by atoms with Gasteiger partial charge in [-0.3, -0.25) is 0 Å². The molecule has 0 aliphatic carbocycles. The molecule has 0 unspecified atom stereocenters. The highest BCUT2D eigenvalue weighted by atomic mass is 19.4. The third kappa shape index (κ3) is 6.56. The summed E-state index contributed by atoms with van der Waals surface area (Å²) >= 11 is 0. The molecule has 0 radical (unpaired) electrons. The van der Waals surface area contributed by atoms with Crippen molar-refractivity contribution in [2.45, 2.75) is 58.3 Å². The molecule has 0 saturated heterocycles. The van der Waals surface area contributed by atoms with E-state index in [4.69, 9.17) is 0 Å². The predicted molar refractivity (Wildman–Crippen MR) is 66.6 cm³/mol. The average molecular weight is 278 g/mol. The highest BCUT2D eigenvalue weighted by Gasteiger charge is 2.25. The Hall–Kier alpha value is -1.11. The van der Waals surface area contributed by atoms with Crippen molar-refractivity contribution in [3.8, 4) is 0 Å². The van der Waals surface area contributed by atoms with Crippen LogP contribution in [0.15, 0.2) is 6.20 Å². The summed E-state index contributed by atoms with van der Waals surface area (Å²) in [6, 6.07) is 0.